The highest BCUT2D eigenvalue weighted by Crippen LogP contribution is 2.54. The van der Waals surface area contributed by atoms with Crippen LogP contribution in [0, 0.1) is 11.2 Å². The number of hydrogen-bond donors (Lipinski definition) is 0. The molecule has 1 amide bonds. The summed E-state index contributed by atoms with van der Waals surface area (Å²) in [5, 5.41) is 0. The van der Waals surface area contributed by atoms with Crippen molar-refractivity contribution in [2.24, 2.45) is 5.41 Å². The number of rotatable bonds is 2. The first-order valence-electron chi connectivity index (χ1n) is 7.05. The molecule has 3 nitrogen and oxygen atoms in total. The third-order valence-electron chi connectivity index (χ3n) is 4.93. The van der Waals surface area contributed by atoms with Crippen molar-refractivity contribution in [3.8, 4) is 0 Å². The van der Waals surface area contributed by atoms with Gasteiger partial charge < -0.3 is 4.90 Å². The van der Waals surface area contributed by atoms with E-state index in [2.05, 4.69) is 4.98 Å². The largest absolute Gasteiger partial charge is 0.332 e. The number of carbonyl (C=O) groups is 1. The molecule has 2 saturated heterocycles. The number of fused-ring (bicyclic) bond motifs is 1. The molecule has 0 saturated carbocycles. The zero-order valence-corrected chi connectivity index (χ0v) is 11.9. The summed E-state index contributed by atoms with van der Waals surface area (Å²) in [6.07, 6.45) is 4.06. The standard InChI is InChI=1S/C15H17F3N2O/c1-14(15(2,17)18)6-11-3-4-12(20(11)13(14)21)9-5-10(16)8-19-7-9/h5,7-8,11-12H,3-4,6H2,1-2H3/t11-,12-,14?/m0/s1. The molecule has 0 bridgehead atoms. The molecule has 0 N–H and O–H groups in total. The maximum atomic E-state index is 13.8. The van der Waals surface area contributed by atoms with Crippen LogP contribution in [-0.4, -0.2) is 27.8 Å². The maximum Gasteiger partial charge on any atom is 0.259 e. The molecular formula is C15H17F3N2O. The first kappa shape index (κ1) is 14.4. The molecule has 6 heteroatoms. The van der Waals surface area contributed by atoms with E-state index in [-0.39, 0.29) is 18.5 Å². The number of hydrogen-bond acceptors (Lipinski definition) is 2. The van der Waals surface area contributed by atoms with Crippen LogP contribution >= 0.6 is 0 Å². The van der Waals surface area contributed by atoms with Crippen LogP contribution in [0.2, 0.25) is 0 Å². The molecule has 3 rings (SSSR count). The van der Waals surface area contributed by atoms with Crippen LogP contribution in [0.1, 0.15) is 44.7 Å². The van der Waals surface area contributed by atoms with Crippen molar-refractivity contribution in [3.63, 3.8) is 0 Å². The first-order chi connectivity index (χ1) is 9.74. The molecule has 3 heterocycles. The predicted molar refractivity (Wildman–Crippen MR) is 70.1 cm³/mol. The van der Waals surface area contributed by atoms with Crippen LogP contribution in [0.5, 0.6) is 0 Å². The number of aromatic nitrogens is 1. The van der Waals surface area contributed by atoms with Crippen LogP contribution < -0.4 is 0 Å². The molecule has 3 atom stereocenters. The summed E-state index contributed by atoms with van der Waals surface area (Å²) in [4.78, 5) is 17.9. The van der Waals surface area contributed by atoms with Gasteiger partial charge in [-0.25, -0.2) is 13.2 Å². The Morgan fingerprint density at radius 1 is 1.38 bits per heavy atom. The van der Waals surface area contributed by atoms with Crippen molar-refractivity contribution in [2.75, 3.05) is 0 Å². The number of amides is 1. The summed E-state index contributed by atoms with van der Waals surface area (Å²) in [6, 6.07) is 0.782. The average molecular weight is 298 g/mol. The van der Waals surface area contributed by atoms with Gasteiger partial charge in [0.1, 0.15) is 11.2 Å². The fourth-order valence-electron chi connectivity index (χ4n) is 3.54. The summed E-state index contributed by atoms with van der Waals surface area (Å²) >= 11 is 0. The van der Waals surface area contributed by atoms with Crippen LogP contribution in [-0.2, 0) is 4.79 Å². The Kier molecular flexibility index (Phi) is 3.04. The Bertz CT molecular complexity index is 587. The zero-order valence-electron chi connectivity index (χ0n) is 11.9. The van der Waals surface area contributed by atoms with Crippen LogP contribution in [0.4, 0.5) is 13.2 Å². The van der Waals surface area contributed by atoms with E-state index in [0.29, 0.717) is 18.4 Å². The van der Waals surface area contributed by atoms with E-state index in [4.69, 9.17) is 0 Å². The van der Waals surface area contributed by atoms with Crippen molar-refractivity contribution < 1.29 is 18.0 Å². The summed E-state index contributed by atoms with van der Waals surface area (Å²) in [7, 11) is 0. The van der Waals surface area contributed by atoms with Crippen molar-refractivity contribution >= 4 is 5.91 Å². The molecule has 0 spiro atoms. The molecule has 1 aromatic rings. The van der Waals surface area contributed by atoms with Gasteiger partial charge in [-0.1, -0.05) is 0 Å². The van der Waals surface area contributed by atoms with Crippen LogP contribution in [0.25, 0.3) is 0 Å². The Hall–Kier alpha value is -1.59. The van der Waals surface area contributed by atoms with Gasteiger partial charge in [0, 0.05) is 19.2 Å². The Morgan fingerprint density at radius 3 is 2.71 bits per heavy atom. The fourth-order valence-corrected chi connectivity index (χ4v) is 3.54. The highest BCUT2D eigenvalue weighted by molar-refractivity contribution is 5.87. The SMILES string of the molecule is CC(F)(F)C1(C)C[C@@H]2CC[C@@H](c3cncc(F)c3)N2C1=O. The lowest BCUT2D eigenvalue weighted by atomic mass is 9.80. The van der Waals surface area contributed by atoms with E-state index in [0.717, 1.165) is 13.1 Å². The smallest absolute Gasteiger partial charge is 0.259 e. The molecule has 2 aliphatic rings. The van der Waals surface area contributed by atoms with Gasteiger partial charge in [-0.3, -0.25) is 9.78 Å². The van der Waals surface area contributed by atoms with Crippen molar-refractivity contribution in [1.29, 1.82) is 0 Å². The second-order valence-electron chi connectivity index (χ2n) is 6.32. The van der Waals surface area contributed by atoms with Crippen molar-refractivity contribution in [2.45, 2.75) is 51.1 Å². The topological polar surface area (TPSA) is 33.2 Å². The quantitative estimate of drug-likeness (QED) is 0.839. The van der Waals surface area contributed by atoms with E-state index in [9.17, 15) is 18.0 Å². The molecule has 2 aliphatic heterocycles. The van der Waals surface area contributed by atoms with Gasteiger partial charge in [0.25, 0.3) is 5.92 Å². The lowest BCUT2D eigenvalue weighted by molar-refractivity contribution is -0.156. The molecule has 2 fully saturated rings. The number of pyridine rings is 1. The minimum absolute atomic E-state index is 0.147. The van der Waals surface area contributed by atoms with Crippen LogP contribution in [0.15, 0.2) is 18.5 Å². The van der Waals surface area contributed by atoms with E-state index < -0.39 is 23.1 Å². The van der Waals surface area contributed by atoms with Gasteiger partial charge >= 0.3 is 0 Å². The summed E-state index contributed by atoms with van der Waals surface area (Å²) in [6.45, 7) is 2.13. The fraction of sp³-hybridized carbons (Fsp3) is 0.600. The van der Waals surface area contributed by atoms with Crippen LogP contribution in [0.3, 0.4) is 0 Å². The van der Waals surface area contributed by atoms with Crippen molar-refractivity contribution in [1.82, 2.24) is 9.88 Å². The maximum absolute atomic E-state index is 13.8. The van der Waals surface area contributed by atoms with E-state index in [1.807, 2.05) is 0 Å². The minimum Gasteiger partial charge on any atom is -0.332 e. The first-order valence-corrected chi connectivity index (χ1v) is 7.05. The molecule has 1 unspecified atom stereocenters. The Balaban J connectivity index is 1.95. The zero-order chi connectivity index (χ0) is 15.4. The highest BCUT2D eigenvalue weighted by Gasteiger charge is 2.62. The molecule has 21 heavy (non-hydrogen) atoms. The molecule has 1 aromatic heterocycles. The number of nitrogens with zero attached hydrogens (tertiary/aromatic N) is 2. The van der Waals surface area contributed by atoms with E-state index in [1.165, 1.54) is 24.1 Å². The normalized spacial score (nSPS) is 32.6. The number of alkyl halides is 2. The minimum atomic E-state index is -3.07. The lowest BCUT2D eigenvalue weighted by Gasteiger charge is -2.31. The van der Waals surface area contributed by atoms with Gasteiger partial charge in [-0.15, -0.1) is 0 Å². The highest BCUT2D eigenvalue weighted by atomic mass is 19.3. The summed E-state index contributed by atoms with van der Waals surface area (Å²) in [5.41, 5.74) is -1.09. The third-order valence-corrected chi connectivity index (χ3v) is 4.93. The number of halogens is 3. The van der Waals surface area contributed by atoms with Gasteiger partial charge in [-0.2, -0.15) is 0 Å². The monoisotopic (exact) mass is 298 g/mol. The van der Waals surface area contributed by atoms with Gasteiger partial charge in [0.2, 0.25) is 5.91 Å². The average Bonchev–Trinajstić information content (AvgIpc) is 2.89. The van der Waals surface area contributed by atoms with Gasteiger partial charge in [0.15, 0.2) is 0 Å². The summed E-state index contributed by atoms with van der Waals surface area (Å²) < 4.78 is 41.0. The third kappa shape index (κ3) is 2.03. The Labute approximate surface area is 121 Å². The predicted octanol–water partition coefficient (Wildman–Crippen LogP) is 3.32. The molecular weight excluding hydrogens is 281 g/mol. The second-order valence-corrected chi connectivity index (χ2v) is 6.32. The number of carbonyl (C=O) groups excluding carboxylic acids is 1. The van der Waals surface area contributed by atoms with Crippen molar-refractivity contribution in [3.05, 3.63) is 29.8 Å². The Morgan fingerprint density at radius 2 is 2.10 bits per heavy atom. The molecule has 114 valence electrons. The van der Waals surface area contributed by atoms with Gasteiger partial charge in [-0.05, 0) is 37.8 Å². The van der Waals surface area contributed by atoms with E-state index >= 15 is 0 Å². The van der Waals surface area contributed by atoms with E-state index in [1.54, 1.807) is 0 Å². The summed E-state index contributed by atoms with van der Waals surface area (Å²) in [5.74, 6) is -4.09. The van der Waals surface area contributed by atoms with Gasteiger partial charge in [0.05, 0.1) is 12.2 Å². The molecule has 0 aliphatic carbocycles. The lowest BCUT2D eigenvalue weighted by Crippen LogP contribution is -2.44. The second kappa shape index (κ2) is 4.45. The molecule has 0 radical (unpaired) electrons. The molecule has 0 aromatic carbocycles.